The number of rotatable bonds is 48. The lowest BCUT2D eigenvalue weighted by molar-refractivity contribution is -0.148. The summed E-state index contributed by atoms with van der Waals surface area (Å²) in [6.45, 7) is 6.24. The van der Waals surface area contributed by atoms with Gasteiger partial charge in [-0.05, 0) is 83.1 Å². The molecule has 0 radical (unpaired) electrons. The van der Waals surface area contributed by atoms with E-state index < -0.39 is 18.2 Å². The third kappa shape index (κ3) is 47.3. The van der Waals surface area contributed by atoms with E-state index in [1.807, 2.05) is 6.08 Å². The highest BCUT2D eigenvalue weighted by molar-refractivity contribution is 5.78. The topological polar surface area (TPSA) is 95.9 Å². The Balaban J connectivity index is 4.74. The quantitative estimate of drug-likeness (QED) is 0.0321. The molecule has 0 spiro atoms. The van der Waals surface area contributed by atoms with E-state index >= 15 is 0 Å². The SMILES string of the molecule is CC/C=C\C/C=C\C/C=C\C/C=C\C/C=C\C/C=C\C(CC(=O)NC(CO)C(O)CCCCCCCCCCCCCCCCCC)OC(=O)CCCCCCCCC/C=C/C/C=C/CC. The number of nitrogens with one attached hydrogen (secondary N) is 1. The fraction of sp³-hybridized carbons (Fsp3) is 0.700. The number of ether oxygens (including phenoxy) is 1. The van der Waals surface area contributed by atoms with Crippen molar-refractivity contribution in [3.05, 3.63) is 97.2 Å². The third-order valence-electron chi connectivity index (χ3n) is 11.9. The second-order valence-electron chi connectivity index (χ2n) is 18.2. The molecule has 0 saturated heterocycles. The summed E-state index contributed by atoms with van der Waals surface area (Å²) in [5.41, 5.74) is 0. The van der Waals surface area contributed by atoms with Gasteiger partial charge in [-0.15, -0.1) is 0 Å². The Labute approximate surface area is 407 Å². The van der Waals surface area contributed by atoms with Gasteiger partial charge in [-0.25, -0.2) is 0 Å². The number of carbonyl (C=O) groups is 2. The lowest BCUT2D eigenvalue weighted by Crippen LogP contribution is -2.46. The first-order valence-electron chi connectivity index (χ1n) is 27.5. The van der Waals surface area contributed by atoms with E-state index in [4.69, 9.17) is 4.74 Å². The van der Waals surface area contributed by atoms with Gasteiger partial charge < -0.3 is 20.3 Å². The van der Waals surface area contributed by atoms with Gasteiger partial charge in [0.1, 0.15) is 6.10 Å². The molecule has 0 bridgehead atoms. The average molecular weight is 918 g/mol. The van der Waals surface area contributed by atoms with Crippen molar-refractivity contribution in [2.24, 2.45) is 0 Å². The van der Waals surface area contributed by atoms with Gasteiger partial charge >= 0.3 is 5.97 Å². The van der Waals surface area contributed by atoms with E-state index in [0.29, 0.717) is 19.3 Å². The van der Waals surface area contributed by atoms with Crippen LogP contribution in [-0.4, -0.2) is 46.9 Å². The molecule has 0 aliphatic carbocycles. The minimum absolute atomic E-state index is 0.0548. The predicted molar refractivity (Wildman–Crippen MR) is 287 cm³/mol. The molecule has 66 heavy (non-hydrogen) atoms. The van der Waals surface area contributed by atoms with Crippen LogP contribution in [0.25, 0.3) is 0 Å². The molecular formula is C60H103NO5. The number of amides is 1. The van der Waals surface area contributed by atoms with E-state index in [-0.39, 0.29) is 24.9 Å². The predicted octanol–water partition coefficient (Wildman–Crippen LogP) is 16.9. The van der Waals surface area contributed by atoms with Crippen molar-refractivity contribution in [2.45, 2.75) is 264 Å². The molecule has 0 aromatic rings. The van der Waals surface area contributed by atoms with Crippen molar-refractivity contribution in [3.63, 3.8) is 0 Å². The summed E-state index contributed by atoms with van der Waals surface area (Å²) in [4.78, 5) is 26.2. The zero-order valence-corrected chi connectivity index (χ0v) is 43.0. The highest BCUT2D eigenvalue weighted by atomic mass is 16.5. The second-order valence-corrected chi connectivity index (χ2v) is 18.2. The molecule has 378 valence electrons. The molecule has 3 unspecified atom stereocenters. The van der Waals surface area contributed by atoms with Crippen molar-refractivity contribution in [1.29, 1.82) is 0 Å². The molecule has 0 aliphatic heterocycles. The number of carbonyl (C=O) groups excluding carboxylic acids is 2. The molecule has 0 saturated carbocycles. The Bertz CT molecular complexity index is 1310. The highest BCUT2D eigenvalue weighted by Crippen LogP contribution is 2.16. The summed E-state index contributed by atoms with van der Waals surface area (Å²) < 4.78 is 5.83. The Hall–Kier alpha value is -3.22. The van der Waals surface area contributed by atoms with Crippen molar-refractivity contribution in [1.82, 2.24) is 5.32 Å². The number of hydrogen-bond donors (Lipinski definition) is 3. The minimum Gasteiger partial charge on any atom is -0.458 e. The van der Waals surface area contributed by atoms with Gasteiger partial charge in [0.05, 0.1) is 25.2 Å². The van der Waals surface area contributed by atoms with Crippen molar-refractivity contribution in [2.75, 3.05) is 6.61 Å². The van der Waals surface area contributed by atoms with E-state index in [9.17, 15) is 19.8 Å². The molecule has 1 amide bonds. The van der Waals surface area contributed by atoms with Gasteiger partial charge in [0.25, 0.3) is 0 Å². The Morgan fingerprint density at radius 3 is 1.29 bits per heavy atom. The molecule has 6 nitrogen and oxygen atoms in total. The molecule has 3 N–H and O–H groups in total. The molecule has 3 atom stereocenters. The van der Waals surface area contributed by atoms with Crippen molar-refractivity contribution in [3.8, 4) is 0 Å². The van der Waals surface area contributed by atoms with Crippen molar-refractivity contribution < 1.29 is 24.5 Å². The van der Waals surface area contributed by atoms with Crippen LogP contribution >= 0.6 is 0 Å². The Kier molecular flexibility index (Phi) is 50.2. The molecule has 0 aromatic carbocycles. The normalized spacial score (nSPS) is 14.0. The maximum atomic E-state index is 13.2. The molecule has 0 aromatic heterocycles. The van der Waals surface area contributed by atoms with E-state index in [1.54, 1.807) is 6.08 Å². The summed E-state index contributed by atoms with van der Waals surface area (Å²) >= 11 is 0. The molecule has 0 aliphatic rings. The Morgan fingerprint density at radius 2 is 0.848 bits per heavy atom. The van der Waals surface area contributed by atoms with Gasteiger partial charge in [0, 0.05) is 6.42 Å². The van der Waals surface area contributed by atoms with E-state index in [1.165, 1.54) is 109 Å². The smallest absolute Gasteiger partial charge is 0.306 e. The second kappa shape index (κ2) is 52.7. The van der Waals surface area contributed by atoms with Gasteiger partial charge in [-0.2, -0.15) is 0 Å². The van der Waals surface area contributed by atoms with Crippen LogP contribution in [0.2, 0.25) is 0 Å². The molecule has 0 heterocycles. The first-order valence-corrected chi connectivity index (χ1v) is 27.5. The zero-order valence-electron chi connectivity index (χ0n) is 43.0. The number of unbranched alkanes of at least 4 members (excludes halogenated alkanes) is 22. The van der Waals surface area contributed by atoms with E-state index in [0.717, 1.165) is 89.9 Å². The van der Waals surface area contributed by atoms with Gasteiger partial charge in [-0.3, -0.25) is 9.59 Å². The average Bonchev–Trinajstić information content (AvgIpc) is 3.31. The summed E-state index contributed by atoms with van der Waals surface area (Å²) in [6.07, 6.45) is 70.7. The maximum absolute atomic E-state index is 13.2. The number of aliphatic hydroxyl groups excluding tert-OH is 2. The highest BCUT2D eigenvalue weighted by Gasteiger charge is 2.23. The summed E-state index contributed by atoms with van der Waals surface area (Å²) in [6, 6.07) is -0.750. The standard InChI is InChI=1S/C60H103NO5/c1-4-7-10-13-16-19-22-25-28-30-31-33-36-39-42-45-48-51-56(66-60(65)53-50-47-44-41-38-35-27-24-21-18-15-12-9-6-3)54-59(64)61-57(55-62)58(63)52-49-46-43-40-37-34-32-29-26-23-20-17-14-11-8-5-2/h7,9-10,12,16,18-19,21,25,28,31,33,39,42,48,51,56-58,62-63H,4-6,8,11,13-15,17,20,22-24,26-27,29-30,32,34-38,40-41,43-47,49-50,52-55H2,1-3H3,(H,61,64)/b10-7-,12-9+,19-16-,21-18+,28-25-,33-31-,42-39-,51-48-. The monoisotopic (exact) mass is 918 g/mol. The van der Waals surface area contributed by atoms with E-state index in [2.05, 4.69) is 111 Å². The van der Waals surface area contributed by atoms with Crippen molar-refractivity contribution >= 4 is 11.9 Å². The number of aliphatic hydroxyl groups is 2. The number of allylic oxidation sites excluding steroid dienone is 15. The lowest BCUT2D eigenvalue weighted by Gasteiger charge is -2.23. The van der Waals surface area contributed by atoms with Crippen LogP contribution in [0.4, 0.5) is 0 Å². The molecule has 6 heteroatoms. The summed E-state index contributed by atoms with van der Waals surface area (Å²) in [5, 5.41) is 23.8. The first-order chi connectivity index (χ1) is 32.5. The van der Waals surface area contributed by atoms with Crippen LogP contribution in [0.1, 0.15) is 245 Å². The summed E-state index contributed by atoms with van der Waals surface area (Å²) in [5.74, 6) is -0.642. The molecular weight excluding hydrogens is 815 g/mol. The van der Waals surface area contributed by atoms with Crippen LogP contribution in [0.15, 0.2) is 97.2 Å². The fourth-order valence-corrected chi connectivity index (χ4v) is 7.82. The molecule has 0 fully saturated rings. The molecule has 0 rings (SSSR count). The number of esters is 1. The van der Waals surface area contributed by atoms with Crippen LogP contribution < -0.4 is 5.32 Å². The van der Waals surface area contributed by atoms with Gasteiger partial charge in [0.15, 0.2) is 0 Å². The minimum atomic E-state index is -0.827. The summed E-state index contributed by atoms with van der Waals surface area (Å²) in [7, 11) is 0. The van der Waals surface area contributed by atoms with Crippen LogP contribution in [0, 0.1) is 0 Å². The van der Waals surface area contributed by atoms with Crippen LogP contribution in [0.3, 0.4) is 0 Å². The fourth-order valence-electron chi connectivity index (χ4n) is 7.82. The van der Waals surface area contributed by atoms with Crippen LogP contribution in [-0.2, 0) is 14.3 Å². The third-order valence-corrected chi connectivity index (χ3v) is 11.9. The largest absolute Gasteiger partial charge is 0.458 e. The lowest BCUT2D eigenvalue weighted by atomic mass is 10.0. The zero-order chi connectivity index (χ0) is 48.1. The maximum Gasteiger partial charge on any atom is 0.306 e. The van der Waals surface area contributed by atoms with Gasteiger partial charge in [-0.1, -0.05) is 247 Å². The number of hydrogen-bond acceptors (Lipinski definition) is 5. The van der Waals surface area contributed by atoms with Crippen LogP contribution in [0.5, 0.6) is 0 Å². The van der Waals surface area contributed by atoms with Gasteiger partial charge in [0.2, 0.25) is 5.91 Å². The first kappa shape index (κ1) is 62.8. The Morgan fingerprint density at radius 1 is 0.470 bits per heavy atom.